The monoisotopic (exact) mass is 799 g/mol. The maximum atomic E-state index is 13.3. The third-order valence-corrected chi connectivity index (χ3v) is 12.3. The Balaban J connectivity index is 1.08. The Morgan fingerprint density at radius 1 is 0.946 bits per heavy atom. The molecule has 2 N–H and O–H groups in total. The number of aromatic nitrogens is 5. The molecule has 0 bridgehead atoms. The molecule has 2 aromatic carbocycles. The van der Waals surface area contributed by atoms with Gasteiger partial charge in [0.05, 0.1) is 40.7 Å². The smallest absolute Gasteiger partial charge is 0.332 e. The number of hydrogen-bond acceptors (Lipinski definition) is 10. The van der Waals surface area contributed by atoms with Crippen molar-refractivity contribution in [2.75, 3.05) is 52.3 Å². The number of aryl methyl sites for hydroxylation is 3. The second kappa shape index (κ2) is 14.8. The van der Waals surface area contributed by atoms with E-state index in [-0.39, 0.29) is 34.5 Å². The second-order valence-electron chi connectivity index (χ2n) is 14.8. The lowest BCUT2D eigenvalue weighted by molar-refractivity contribution is 0.114. The number of hydrogen-bond donors (Lipinski definition) is 2. The molecule has 2 amide bonds. The van der Waals surface area contributed by atoms with Crippen LogP contribution in [0.15, 0.2) is 52.1 Å². The number of rotatable bonds is 9. The summed E-state index contributed by atoms with van der Waals surface area (Å²) in [6, 6.07) is 13.5. The lowest BCUT2D eigenvalue weighted by atomic mass is 9.92. The summed E-state index contributed by atoms with van der Waals surface area (Å²) in [7, 11) is 6.28. The number of likely N-dealkylation sites (tertiary alicyclic amines) is 1. The minimum absolute atomic E-state index is 0.0232. The Kier molecular flexibility index (Phi) is 10.0. The van der Waals surface area contributed by atoms with Gasteiger partial charge in [-0.25, -0.2) is 24.5 Å². The summed E-state index contributed by atoms with van der Waals surface area (Å²) in [4.78, 5) is 57.1. The molecule has 2 atom stereocenters. The zero-order chi connectivity index (χ0) is 39.5. The van der Waals surface area contributed by atoms with Crippen molar-refractivity contribution in [2.45, 2.75) is 44.2 Å². The molecule has 2 saturated heterocycles. The van der Waals surface area contributed by atoms with Gasteiger partial charge in [-0.05, 0) is 50.3 Å². The standard InChI is InChI=1S/C40H43Cl2N9O5/c1-22-43-34(31-35(44-22)48(2)39(54)49(3)37(31)52)45-27-11-7-9-25(33(27)42)24-8-6-10-26(32(24)41)28-20-23-12-13-29(30(23)36(46-28)56-5)51-17-15-40(21-51)14-16-50(18-19-55-4)38(53)47-40/h6-11,20,29H,12-19,21H2,1-5H3,(H,47,53)(H,43,44,45)/t29-,40+/m0/s1. The van der Waals surface area contributed by atoms with Crippen LogP contribution in [0, 0.1) is 6.92 Å². The van der Waals surface area contributed by atoms with Gasteiger partial charge < -0.3 is 25.0 Å². The number of anilines is 2. The van der Waals surface area contributed by atoms with E-state index in [4.69, 9.17) is 37.7 Å². The quantitative estimate of drug-likeness (QED) is 0.193. The van der Waals surface area contributed by atoms with Crippen molar-refractivity contribution in [2.24, 2.45) is 14.1 Å². The van der Waals surface area contributed by atoms with Crippen LogP contribution < -0.4 is 26.6 Å². The molecule has 0 saturated carbocycles. The summed E-state index contributed by atoms with van der Waals surface area (Å²) in [5, 5.41) is 7.56. The molecular weight excluding hydrogens is 757 g/mol. The van der Waals surface area contributed by atoms with Crippen LogP contribution in [0.4, 0.5) is 16.3 Å². The molecule has 14 nitrogen and oxygen atoms in total. The van der Waals surface area contributed by atoms with Gasteiger partial charge in [0.2, 0.25) is 5.88 Å². The molecule has 56 heavy (non-hydrogen) atoms. The molecule has 3 aromatic heterocycles. The number of ether oxygens (including phenoxy) is 2. The topological polar surface area (TPSA) is 149 Å². The molecular formula is C40H43Cl2N9O5. The first-order valence-corrected chi connectivity index (χ1v) is 19.4. The third-order valence-electron chi connectivity index (χ3n) is 11.5. The van der Waals surface area contributed by atoms with Gasteiger partial charge >= 0.3 is 11.7 Å². The van der Waals surface area contributed by atoms with Gasteiger partial charge in [0.15, 0.2) is 5.65 Å². The summed E-state index contributed by atoms with van der Waals surface area (Å²) >= 11 is 14.3. The number of nitrogens with one attached hydrogen (secondary N) is 2. The minimum atomic E-state index is -0.523. The van der Waals surface area contributed by atoms with Crippen molar-refractivity contribution in [3.8, 4) is 28.3 Å². The molecule has 5 aromatic rings. The third kappa shape index (κ3) is 6.47. The molecule has 1 aliphatic carbocycles. The summed E-state index contributed by atoms with van der Waals surface area (Å²) in [5.74, 6) is 1.18. The summed E-state index contributed by atoms with van der Waals surface area (Å²) in [6.07, 6.45) is 3.57. The van der Waals surface area contributed by atoms with Gasteiger partial charge in [-0.2, -0.15) is 0 Å². The van der Waals surface area contributed by atoms with Gasteiger partial charge in [0.1, 0.15) is 17.0 Å². The highest BCUT2D eigenvalue weighted by Crippen LogP contribution is 2.47. The molecule has 16 heteroatoms. The van der Waals surface area contributed by atoms with Gasteiger partial charge in [-0.1, -0.05) is 53.5 Å². The molecule has 2 fully saturated rings. The number of fused-ring (bicyclic) bond motifs is 2. The van der Waals surface area contributed by atoms with Crippen molar-refractivity contribution in [3.63, 3.8) is 0 Å². The van der Waals surface area contributed by atoms with E-state index < -0.39 is 11.2 Å². The van der Waals surface area contributed by atoms with Crippen molar-refractivity contribution >= 4 is 51.8 Å². The fraction of sp³-hybridized carbons (Fsp3) is 0.400. The fourth-order valence-electron chi connectivity index (χ4n) is 8.51. The van der Waals surface area contributed by atoms with Gasteiger partial charge in [0.25, 0.3) is 5.56 Å². The number of amides is 2. The van der Waals surface area contributed by atoms with Gasteiger partial charge in [-0.3, -0.25) is 18.8 Å². The lowest BCUT2D eigenvalue weighted by Crippen LogP contribution is -2.61. The predicted molar refractivity (Wildman–Crippen MR) is 216 cm³/mol. The van der Waals surface area contributed by atoms with Crippen molar-refractivity contribution < 1.29 is 14.3 Å². The molecule has 5 heterocycles. The van der Waals surface area contributed by atoms with Crippen LogP contribution >= 0.6 is 23.2 Å². The highest BCUT2D eigenvalue weighted by atomic mass is 35.5. The van der Waals surface area contributed by atoms with E-state index in [2.05, 4.69) is 31.6 Å². The number of urea groups is 1. The predicted octanol–water partition coefficient (Wildman–Crippen LogP) is 5.62. The number of halogens is 2. The Morgan fingerprint density at radius 2 is 1.68 bits per heavy atom. The van der Waals surface area contributed by atoms with Crippen LogP contribution in [0.5, 0.6) is 5.88 Å². The molecule has 8 rings (SSSR count). The van der Waals surface area contributed by atoms with E-state index in [0.717, 1.165) is 60.0 Å². The first-order chi connectivity index (χ1) is 26.9. The van der Waals surface area contributed by atoms with E-state index in [9.17, 15) is 14.4 Å². The molecule has 3 aliphatic rings. The van der Waals surface area contributed by atoms with E-state index >= 15 is 0 Å². The first-order valence-electron chi connectivity index (χ1n) is 18.6. The summed E-state index contributed by atoms with van der Waals surface area (Å²) in [5.41, 5.74) is 4.48. The Bertz CT molecular complexity index is 2520. The van der Waals surface area contributed by atoms with Gasteiger partial charge in [-0.15, -0.1) is 0 Å². The van der Waals surface area contributed by atoms with E-state index in [1.54, 1.807) is 34.3 Å². The van der Waals surface area contributed by atoms with Crippen molar-refractivity contribution in [1.29, 1.82) is 0 Å². The van der Waals surface area contributed by atoms with E-state index in [1.165, 1.54) is 11.6 Å². The number of methoxy groups -OCH3 is 2. The highest BCUT2D eigenvalue weighted by molar-refractivity contribution is 6.39. The second-order valence-corrected chi connectivity index (χ2v) is 15.5. The minimum Gasteiger partial charge on any atom is -0.481 e. The van der Waals surface area contributed by atoms with Crippen LogP contribution in [0.25, 0.3) is 33.4 Å². The van der Waals surface area contributed by atoms with Crippen molar-refractivity contribution in [3.05, 3.63) is 90.3 Å². The van der Waals surface area contributed by atoms with Crippen LogP contribution in [0.1, 0.15) is 42.3 Å². The Hall–Kier alpha value is -5.02. The average Bonchev–Trinajstić information content (AvgIpc) is 3.80. The van der Waals surface area contributed by atoms with E-state index in [0.29, 0.717) is 64.0 Å². The molecule has 1 spiro atoms. The van der Waals surface area contributed by atoms with Crippen LogP contribution in [-0.2, 0) is 25.3 Å². The number of carbonyl (C=O) groups is 1. The van der Waals surface area contributed by atoms with Crippen LogP contribution in [0.3, 0.4) is 0 Å². The van der Waals surface area contributed by atoms with Gasteiger partial charge in [0, 0.05) is 75.7 Å². The molecule has 2 aliphatic heterocycles. The molecule has 0 radical (unpaired) electrons. The SMILES string of the molecule is COCCN1CC[C@]2(CCN([C@H]3CCc4cc(-c5cccc(-c6cccc(Nc7nc(C)nc8c7c(=O)n(C)c(=O)n8C)c6Cl)c5Cl)nc(OC)c43)C2)NC1=O. The van der Waals surface area contributed by atoms with Crippen molar-refractivity contribution in [1.82, 2.24) is 39.2 Å². The lowest BCUT2D eigenvalue weighted by Gasteiger charge is -2.40. The molecule has 0 unspecified atom stereocenters. The number of pyridine rings is 1. The van der Waals surface area contributed by atoms with Crippen LogP contribution in [-0.4, -0.2) is 92.5 Å². The summed E-state index contributed by atoms with van der Waals surface area (Å²) < 4.78 is 13.5. The highest BCUT2D eigenvalue weighted by Gasteiger charge is 2.46. The maximum absolute atomic E-state index is 13.3. The zero-order valence-electron chi connectivity index (χ0n) is 31.9. The maximum Gasteiger partial charge on any atom is 0.332 e. The van der Waals surface area contributed by atoms with Crippen LogP contribution in [0.2, 0.25) is 10.0 Å². The Labute approximate surface area is 333 Å². The average molecular weight is 801 g/mol. The zero-order valence-corrected chi connectivity index (χ0v) is 33.4. The Morgan fingerprint density at radius 3 is 2.43 bits per heavy atom. The van der Waals surface area contributed by atoms with E-state index in [1.807, 2.05) is 35.2 Å². The fourth-order valence-corrected chi connectivity index (χ4v) is 9.11. The summed E-state index contributed by atoms with van der Waals surface area (Å²) in [6.45, 7) is 5.16. The molecule has 292 valence electrons. The number of benzene rings is 2. The number of nitrogens with zero attached hydrogens (tertiary/aromatic N) is 7. The largest absolute Gasteiger partial charge is 0.481 e. The normalized spacial score (nSPS) is 19.5. The number of carbonyl (C=O) groups excluding carboxylic acids is 1. The first kappa shape index (κ1) is 37.9.